The highest BCUT2D eigenvalue weighted by Gasteiger charge is 2.17. The second-order valence-electron chi connectivity index (χ2n) is 7.06. The first-order chi connectivity index (χ1) is 15.5. The number of carbonyl (C=O) groups excluding carboxylic acids is 3. The molecule has 160 valence electrons. The monoisotopic (exact) mass is 428 g/mol. The number of imidazole rings is 1. The molecule has 32 heavy (non-hydrogen) atoms. The van der Waals surface area contributed by atoms with Gasteiger partial charge in [-0.05, 0) is 49.4 Å². The number of fused-ring (bicyclic) bond motifs is 1. The van der Waals surface area contributed by atoms with Gasteiger partial charge in [0.05, 0.1) is 17.4 Å². The molecular formula is C24H20N4O4. The number of ether oxygens (including phenoxy) is 1. The normalized spacial score (nSPS) is 11.5. The Morgan fingerprint density at radius 3 is 2.31 bits per heavy atom. The molecule has 4 aromatic rings. The zero-order valence-corrected chi connectivity index (χ0v) is 17.2. The molecule has 0 saturated heterocycles. The fourth-order valence-electron chi connectivity index (χ4n) is 3.07. The maximum atomic E-state index is 12.5. The fourth-order valence-corrected chi connectivity index (χ4v) is 3.07. The number of hydrogen-bond acceptors (Lipinski definition) is 5. The number of aromatic amines is 1. The molecule has 2 amide bonds. The van der Waals surface area contributed by atoms with Gasteiger partial charge in [-0.2, -0.15) is 0 Å². The Bertz CT molecular complexity index is 1270. The third-order valence-electron chi connectivity index (χ3n) is 4.82. The Kier molecular flexibility index (Phi) is 5.94. The largest absolute Gasteiger partial charge is 0.481 e. The van der Waals surface area contributed by atoms with Crippen LogP contribution in [-0.4, -0.2) is 33.7 Å². The van der Waals surface area contributed by atoms with E-state index in [0.29, 0.717) is 22.4 Å². The van der Waals surface area contributed by atoms with E-state index < -0.39 is 17.9 Å². The zero-order chi connectivity index (χ0) is 22.5. The summed E-state index contributed by atoms with van der Waals surface area (Å²) in [6.45, 7) is 1.56. The SMILES string of the molecule is CC(Oc1ccc(C(=O)c2ccccc2)cc1)C(=O)NNC(=O)c1ccc2nc[nH]c2c1. The van der Waals surface area contributed by atoms with Crippen LogP contribution in [0.1, 0.15) is 33.2 Å². The van der Waals surface area contributed by atoms with E-state index in [1.54, 1.807) is 73.7 Å². The predicted molar refractivity (Wildman–Crippen MR) is 118 cm³/mol. The van der Waals surface area contributed by atoms with Crippen molar-refractivity contribution in [1.29, 1.82) is 0 Å². The number of carbonyl (C=O) groups is 3. The van der Waals surface area contributed by atoms with E-state index >= 15 is 0 Å². The lowest BCUT2D eigenvalue weighted by molar-refractivity contribution is -0.128. The van der Waals surface area contributed by atoms with Crippen LogP contribution in [0, 0.1) is 0 Å². The summed E-state index contributed by atoms with van der Waals surface area (Å²) in [5.41, 5.74) is 7.65. The number of amides is 2. The average Bonchev–Trinajstić information content (AvgIpc) is 3.31. The van der Waals surface area contributed by atoms with Gasteiger partial charge in [0.2, 0.25) is 0 Å². The molecule has 1 heterocycles. The summed E-state index contributed by atoms with van der Waals surface area (Å²) in [5, 5.41) is 0. The molecule has 4 rings (SSSR count). The van der Waals surface area contributed by atoms with E-state index in [2.05, 4.69) is 20.8 Å². The van der Waals surface area contributed by atoms with Crippen molar-refractivity contribution in [2.24, 2.45) is 0 Å². The number of nitrogens with zero attached hydrogens (tertiary/aromatic N) is 1. The first-order valence-electron chi connectivity index (χ1n) is 9.91. The predicted octanol–water partition coefficient (Wildman–Crippen LogP) is 3.02. The van der Waals surface area contributed by atoms with Crippen molar-refractivity contribution >= 4 is 28.6 Å². The second-order valence-corrected chi connectivity index (χ2v) is 7.06. The molecule has 1 aromatic heterocycles. The standard InChI is InChI=1S/C24H20N4O4/c1-15(23(30)27-28-24(31)18-9-12-20-21(13-18)26-14-25-20)32-19-10-7-17(8-11-19)22(29)16-5-3-2-4-6-16/h2-15H,1H3,(H,25,26)(H,27,30)(H,28,31). The molecule has 0 radical (unpaired) electrons. The minimum Gasteiger partial charge on any atom is -0.481 e. The Hall–Kier alpha value is -4.46. The van der Waals surface area contributed by atoms with Crippen LogP contribution < -0.4 is 15.6 Å². The van der Waals surface area contributed by atoms with Gasteiger partial charge in [-0.15, -0.1) is 0 Å². The number of H-pyrrole nitrogens is 1. The molecule has 0 saturated carbocycles. The maximum absolute atomic E-state index is 12.5. The Morgan fingerprint density at radius 1 is 0.875 bits per heavy atom. The summed E-state index contributed by atoms with van der Waals surface area (Å²) in [5.74, 6) is -0.663. The quantitative estimate of drug-likeness (QED) is 0.323. The number of hydrogen-bond donors (Lipinski definition) is 3. The summed E-state index contributed by atoms with van der Waals surface area (Å²) in [7, 11) is 0. The Balaban J connectivity index is 1.31. The minimum atomic E-state index is -0.874. The number of aromatic nitrogens is 2. The van der Waals surface area contributed by atoms with Crippen molar-refractivity contribution in [1.82, 2.24) is 20.8 Å². The van der Waals surface area contributed by atoms with Gasteiger partial charge < -0.3 is 9.72 Å². The van der Waals surface area contributed by atoms with Gasteiger partial charge in [-0.1, -0.05) is 30.3 Å². The first kappa shape index (κ1) is 20.8. The van der Waals surface area contributed by atoms with E-state index in [4.69, 9.17) is 4.74 Å². The summed E-state index contributed by atoms with van der Waals surface area (Å²) >= 11 is 0. The molecular weight excluding hydrogens is 408 g/mol. The van der Waals surface area contributed by atoms with Crippen molar-refractivity contribution in [3.63, 3.8) is 0 Å². The van der Waals surface area contributed by atoms with Crippen LogP contribution in [0.2, 0.25) is 0 Å². The molecule has 8 nitrogen and oxygen atoms in total. The molecule has 3 N–H and O–H groups in total. The van der Waals surface area contributed by atoms with Crippen LogP contribution in [0.4, 0.5) is 0 Å². The van der Waals surface area contributed by atoms with E-state index in [1.807, 2.05) is 6.07 Å². The van der Waals surface area contributed by atoms with E-state index in [0.717, 1.165) is 11.0 Å². The third kappa shape index (κ3) is 4.65. The molecule has 0 fully saturated rings. The summed E-state index contributed by atoms with van der Waals surface area (Å²) in [6.07, 6.45) is 0.665. The van der Waals surface area contributed by atoms with Crippen molar-refractivity contribution in [2.75, 3.05) is 0 Å². The lowest BCUT2D eigenvalue weighted by Crippen LogP contribution is -2.47. The topological polar surface area (TPSA) is 113 Å². The van der Waals surface area contributed by atoms with E-state index in [1.165, 1.54) is 6.33 Å². The summed E-state index contributed by atoms with van der Waals surface area (Å²) in [4.78, 5) is 44.1. The number of hydrazine groups is 1. The lowest BCUT2D eigenvalue weighted by Gasteiger charge is -2.15. The Morgan fingerprint density at radius 2 is 1.56 bits per heavy atom. The second kappa shape index (κ2) is 9.13. The fraction of sp³-hybridized carbons (Fsp3) is 0.0833. The number of nitrogens with one attached hydrogen (secondary N) is 3. The molecule has 0 aliphatic rings. The highest BCUT2D eigenvalue weighted by atomic mass is 16.5. The molecule has 1 atom stereocenters. The van der Waals surface area contributed by atoms with Gasteiger partial charge in [0, 0.05) is 16.7 Å². The van der Waals surface area contributed by atoms with Crippen molar-refractivity contribution < 1.29 is 19.1 Å². The highest BCUT2D eigenvalue weighted by molar-refractivity contribution is 6.09. The van der Waals surface area contributed by atoms with Gasteiger partial charge in [0.1, 0.15) is 5.75 Å². The molecule has 0 bridgehead atoms. The molecule has 0 aliphatic carbocycles. The first-order valence-corrected chi connectivity index (χ1v) is 9.91. The van der Waals surface area contributed by atoms with Gasteiger partial charge in [0.25, 0.3) is 11.8 Å². The lowest BCUT2D eigenvalue weighted by atomic mass is 10.0. The number of benzene rings is 3. The van der Waals surface area contributed by atoms with Gasteiger partial charge in [-0.25, -0.2) is 4.98 Å². The van der Waals surface area contributed by atoms with Crippen LogP contribution in [-0.2, 0) is 4.79 Å². The smallest absolute Gasteiger partial charge is 0.279 e. The third-order valence-corrected chi connectivity index (χ3v) is 4.82. The zero-order valence-electron chi connectivity index (χ0n) is 17.2. The molecule has 0 spiro atoms. The molecule has 1 unspecified atom stereocenters. The van der Waals surface area contributed by atoms with Crippen LogP contribution in [0.25, 0.3) is 11.0 Å². The average molecular weight is 428 g/mol. The van der Waals surface area contributed by atoms with E-state index in [9.17, 15) is 14.4 Å². The number of rotatable bonds is 6. The van der Waals surface area contributed by atoms with Crippen LogP contribution in [0.5, 0.6) is 5.75 Å². The van der Waals surface area contributed by atoms with E-state index in [-0.39, 0.29) is 5.78 Å². The van der Waals surface area contributed by atoms with Crippen LogP contribution in [0.15, 0.2) is 79.1 Å². The minimum absolute atomic E-state index is 0.0982. The van der Waals surface area contributed by atoms with Crippen molar-refractivity contribution in [3.05, 3.63) is 95.8 Å². The van der Waals surface area contributed by atoms with Crippen molar-refractivity contribution in [2.45, 2.75) is 13.0 Å². The highest BCUT2D eigenvalue weighted by Crippen LogP contribution is 2.17. The Labute approximate surface area is 183 Å². The van der Waals surface area contributed by atoms with Crippen LogP contribution in [0.3, 0.4) is 0 Å². The molecule has 0 aliphatic heterocycles. The van der Waals surface area contributed by atoms with Gasteiger partial charge >= 0.3 is 0 Å². The van der Waals surface area contributed by atoms with Crippen molar-refractivity contribution in [3.8, 4) is 5.75 Å². The summed E-state index contributed by atoms with van der Waals surface area (Å²) < 4.78 is 5.61. The molecule has 3 aromatic carbocycles. The summed E-state index contributed by atoms with van der Waals surface area (Å²) in [6, 6.07) is 20.5. The van der Waals surface area contributed by atoms with Crippen LogP contribution >= 0.6 is 0 Å². The number of ketones is 1. The van der Waals surface area contributed by atoms with Gasteiger partial charge in [0.15, 0.2) is 11.9 Å². The molecule has 8 heteroatoms. The maximum Gasteiger partial charge on any atom is 0.279 e. The van der Waals surface area contributed by atoms with Gasteiger partial charge in [-0.3, -0.25) is 25.2 Å².